The number of benzene rings is 6. The number of ketones is 1. The molecule has 242 valence electrons. The molecule has 0 spiro atoms. The Labute approximate surface area is 289 Å². The Morgan fingerprint density at radius 3 is 1.65 bits per heavy atom. The summed E-state index contributed by atoms with van der Waals surface area (Å²) >= 11 is 7.99. The summed E-state index contributed by atoms with van der Waals surface area (Å²) in [5, 5.41) is 0.399. The molecule has 10 heteroatoms. The van der Waals surface area contributed by atoms with Gasteiger partial charge in [-0.2, -0.15) is 8.42 Å². The number of carbonyl (C=O) groups excluding carboxylic acids is 1. The van der Waals surface area contributed by atoms with Gasteiger partial charge in [0.15, 0.2) is 5.78 Å². The fourth-order valence-corrected chi connectivity index (χ4v) is 11.3. The van der Waals surface area contributed by atoms with Crippen molar-refractivity contribution >= 4 is 49.6 Å². The summed E-state index contributed by atoms with van der Waals surface area (Å²) in [6.07, 6.45) is 0. The molecule has 0 aromatic heterocycles. The lowest BCUT2D eigenvalue weighted by Gasteiger charge is -2.39. The molecule has 48 heavy (non-hydrogen) atoms. The molecule has 0 saturated carbocycles. The first-order chi connectivity index (χ1) is 23.0. The zero-order valence-corrected chi connectivity index (χ0v) is 28.6. The summed E-state index contributed by atoms with van der Waals surface area (Å²) in [6.45, 7) is 1.84. The van der Waals surface area contributed by atoms with Crippen LogP contribution in [-0.4, -0.2) is 14.2 Å². The summed E-state index contributed by atoms with van der Waals surface area (Å²) in [7, 11) is -7.51. The van der Waals surface area contributed by atoms with Gasteiger partial charge in [-0.1, -0.05) is 71.4 Å². The third-order valence-corrected chi connectivity index (χ3v) is 14.1. The van der Waals surface area contributed by atoms with Gasteiger partial charge in [0.05, 0.1) is 9.92 Å². The highest BCUT2D eigenvalue weighted by molar-refractivity contribution is 8.33. The van der Waals surface area contributed by atoms with E-state index < -0.39 is 32.1 Å². The topological polar surface area (TPSA) is 60.4 Å². The average molecular weight is 717 g/mol. The van der Waals surface area contributed by atoms with Crippen LogP contribution in [0.2, 0.25) is 5.02 Å². The van der Waals surface area contributed by atoms with E-state index in [9.17, 15) is 22.0 Å². The van der Waals surface area contributed by atoms with Crippen molar-refractivity contribution in [3.8, 4) is 0 Å². The van der Waals surface area contributed by atoms with E-state index >= 15 is 0 Å². The molecular formula is C38H27ClF2O4S3. The van der Waals surface area contributed by atoms with E-state index in [2.05, 4.69) is 0 Å². The molecular weight excluding hydrogens is 690 g/mol. The summed E-state index contributed by atoms with van der Waals surface area (Å²) in [4.78, 5) is 15.6. The van der Waals surface area contributed by atoms with Gasteiger partial charge in [0.1, 0.15) is 11.6 Å². The predicted octanol–water partition coefficient (Wildman–Crippen LogP) is 10.9. The Hall–Kier alpha value is -4.25. The van der Waals surface area contributed by atoms with Crippen molar-refractivity contribution in [3.63, 3.8) is 0 Å². The van der Waals surface area contributed by atoms with Gasteiger partial charge in [-0.25, -0.2) is 12.4 Å². The van der Waals surface area contributed by atoms with Crippen LogP contribution in [0.5, 0.6) is 0 Å². The van der Waals surface area contributed by atoms with Crippen LogP contribution in [0.15, 0.2) is 175 Å². The van der Waals surface area contributed by atoms with Gasteiger partial charge in [0.2, 0.25) is 0 Å². The van der Waals surface area contributed by atoms with Crippen molar-refractivity contribution < 1.29 is 25.6 Å². The molecule has 0 saturated heterocycles. The lowest BCUT2D eigenvalue weighted by molar-refractivity contribution is 0.103. The fourth-order valence-electron chi connectivity index (χ4n) is 4.96. The van der Waals surface area contributed by atoms with E-state index in [1.54, 1.807) is 78.9 Å². The summed E-state index contributed by atoms with van der Waals surface area (Å²) in [5.74, 6) is -1.15. The maximum Gasteiger partial charge on any atom is 0.307 e. The maximum atomic E-state index is 14.2. The number of hydrogen-bond acceptors (Lipinski definition) is 5. The predicted molar refractivity (Wildman–Crippen MR) is 187 cm³/mol. The Morgan fingerprint density at radius 1 is 0.625 bits per heavy atom. The first-order valence-corrected chi connectivity index (χ1v) is 18.8. The first-order valence-electron chi connectivity index (χ1n) is 14.6. The van der Waals surface area contributed by atoms with Gasteiger partial charge in [-0.05, 0) is 120 Å². The number of halogens is 3. The summed E-state index contributed by atoms with van der Waals surface area (Å²) < 4.78 is 62.5. The van der Waals surface area contributed by atoms with Crippen LogP contribution in [0, 0.1) is 18.6 Å². The molecule has 0 fully saturated rings. The van der Waals surface area contributed by atoms with Crippen molar-refractivity contribution in [2.24, 2.45) is 0 Å². The van der Waals surface area contributed by atoms with Crippen LogP contribution in [-0.2, 0) is 13.7 Å². The number of rotatable bonds is 10. The van der Waals surface area contributed by atoms with Gasteiger partial charge >= 0.3 is 10.1 Å². The van der Waals surface area contributed by atoms with Crippen molar-refractivity contribution in [1.29, 1.82) is 0 Å². The van der Waals surface area contributed by atoms with Crippen molar-refractivity contribution in [3.05, 3.63) is 179 Å². The Kier molecular flexibility index (Phi) is 9.87. The van der Waals surface area contributed by atoms with Gasteiger partial charge in [0, 0.05) is 35.6 Å². The second-order valence-electron chi connectivity index (χ2n) is 10.7. The molecule has 0 atom stereocenters. The van der Waals surface area contributed by atoms with Gasteiger partial charge < -0.3 is 0 Å². The van der Waals surface area contributed by atoms with E-state index in [0.29, 0.717) is 35.7 Å². The lowest BCUT2D eigenvalue weighted by Crippen LogP contribution is -2.14. The molecule has 4 nitrogen and oxygen atoms in total. The highest BCUT2D eigenvalue weighted by Gasteiger charge is 2.38. The van der Waals surface area contributed by atoms with E-state index in [1.165, 1.54) is 72.4 Å². The number of aryl methyl sites for hydroxylation is 1. The Balaban J connectivity index is 1.41. The standard InChI is InChI=1S/C38H27ClF2O4S3/c1-26-7-16-35(17-8-26)48(43,44)45-47(32-18-10-29(40)11-19-32,33-20-12-30(41)13-21-33)34-22-14-31(15-23-34)46-37-24-9-28(25-36(37)39)38(42)27-5-3-2-4-6-27/h2-25H,1H3. The van der Waals surface area contributed by atoms with E-state index in [-0.39, 0.29) is 10.7 Å². The summed E-state index contributed by atoms with van der Waals surface area (Å²) in [5.41, 5.74) is 1.89. The minimum absolute atomic E-state index is 0.0507. The normalized spacial score (nSPS) is 12.1. The van der Waals surface area contributed by atoms with Crippen LogP contribution in [0.4, 0.5) is 8.78 Å². The van der Waals surface area contributed by atoms with Gasteiger partial charge in [-0.15, -0.1) is 0 Å². The van der Waals surface area contributed by atoms with Crippen LogP contribution in [0.25, 0.3) is 0 Å². The van der Waals surface area contributed by atoms with E-state index in [0.717, 1.165) is 10.5 Å². The molecule has 6 aromatic rings. The SMILES string of the molecule is Cc1ccc(S(=O)(=O)OS(c2ccc(F)cc2)(c2ccc(F)cc2)c2ccc(Sc3ccc(C(=O)c4ccccc4)cc3Cl)cc2)cc1. The van der Waals surface area contributed by atoms with Crippen molar-refractivity contribution in [2.45, 2.75) is 36.3 Å². The van der Waals surface area contributed by atoms with Crippen molar-refractivity contribution in [1.82, 2.24) is 0 Å². The summed E-state index contributed by atoms with van der Waals surface area (Å²) in [6, 6.07) is 38.3. The molecule has 0 bridgehead atoms. The van der Waals surface area contributed by atoms with Crippen molar-refractivity contribution in [2.75, 3.05) is 0 Å². The highest BCUT2D eigenvalue weighted by Crippen LogP contribution is 2.70. The molecule has 0 radical (unpaired) electrons. The lowest BCUT2D eigenvalue weighted by atomic mass is 10.0. The fraction of sp³-hybridized carbons (Fsp3) is 0.0263. The Bertz CT molecular complexity index is 2130. The maximum absolute atomic E-state index is 14.2. The molecule has 0 aliphatic carbocycles. The quantitative estimate of drug-likeness (QED) is 0.132. The zero-order chi connectivity index (χ0) is 33.9. The molecule has 0 N–H and O–H groups in total. The zero-order valence-electron chi connectivity index (χ0n) is 25.3. The Morgan fingerprint density at radius 2 is 1.12 bits per heavy atom. The first kappa shape index (κ1) is 33.6. The minimum Gasteiger partial charge on any atom is -0.289 e. The third-order valence-electron chi connectivity index (χ3n) is 7.41. The minimum atomic E-state index is -4.40. The van der Waals surface area contributed by atoms with E-state index in [1.807, 2.05) is 13.0 Å². The van der Waals surface area contributed by atoms with Gasteiger partial charge in [-0.3, -0.25) is 4.79 Å². The second kappa shape index (κ2) is 14.1. The molecule has 6 aromatic carbocycles. The number of carbonyl (C=O) groups is 1. The molecule has 0 aliphatic heterocycles. The smallest absolute Gasteiger partial charge is 0.289 e. The largest absolute Gasteiger partial charge is 0.307 e. The van der Waals surface area contributed by atoms with Gasteiger partial charge in [0.25, 0.3) is 0 Å². The van der Waals surface area contributed by atoms with Crippen LogP contribution in [0.1, 0.15) is 21.5 Å². The van der Waals surface area contributed by atoms with Crippen LogP contribution in [0.3, 0.4) is 0 Å². The average Bonchev–Trinajstić information content (AvgIpc) is 3.09. The second-order valence-corrected chi connectivity index (χ2v) is 16.7. The molecule has 6 rings (SSSR count). The third kappa shape index (κ3) is 7.11. The molecule has 0 amide bonds. The highest BCUT2D eigenvalue weighted by atomic mass is 35.5. The van der Waals surface area contributed by atoms with Crippen LogP contribution < -0.4 is 0 Å². The molecule has 0 unspecified atom stereocenters. The van der Waals surface area contributed by atoms with Crippen LogP contribution >= 0.6 is 33.7 Å². The number of hydrogen-bond donors (Lipinski definition) is 0. The monoisotopic (exact) mass is 716 g/mol. The molecule has 0 heterocycles. The van der Waals surface area contributed by atoms with E-state index in [4.69, 9.17) is 15.2 Å². The molecule has 0 aliphatic rings.